The maximum atomic E-state index is 11.4. The van der Waals surface area contributed by atoms with E-state index < -0.39 is 0 Å². The van der Waals surface area contributed by atoms with Crippen LogP contribution in [-0.4, -0.2) is 24.3 Å². The van der Waals surface area contributed by atoms with Gasteiger partial charge in [-0.2, -0.15) is 0 Å². The van der Waals surface area contributed by atoms with Crippen LogP contribution in [0.2, 0.25) is 0 Å². The van der Waals surface area contributed by atoms with Gasteiger partial charge in [0.2, 0.25) is 0 Å². The molecule has 0 aliphatic rings. The van der Waals surface area contributed by atoms with Gasteiger partial charge in [-0.15, -0.1) is 0 Å². The summed E-state index contributed by atoms with van der Waals surface area (Å²) in [5.41, 5.74) is 0. The first kappa shape index (κ1) is 15.4. The monoisotopic (exact) mass is 230 g/mol. The summed E-state index contributed by atoms with van der Waals surface area (Å²) in [6, 6.07) is 0. The molecule has 0 saturated carbocycles. The molecule has 1 unspecified atom stereocenters. The number of ether oxygens (including phenoxy) is 1. The van der Waals surface area contributed by atoms with E-state index >= 15 is 0 Å². The van der Waals surface area contributed by atoms with E-state index in [-0.39, 0.29) is 12.6 Å². The largest absolute Gasteiger partial charge is 0.466 e. The van der Waals surface area contributed by atoms with Gasteiger partial charge in [-0.1, -0.05) is 26.2 Å². The van der Waals surface area contributed by atoms with E-state index in [1.165, 1.54) is 12.8 Å². The molecule has 0 aromatic heterocycles. The number of aliphatic hydroxyl groups excluding tert-OH is 1. The lowest BCUT2D eigenvalue weighted by Crippen LogP contribution is -2.12. The van der Waals surface area contributed by atoms with Crippen LogP contribution in [0.15, 0.2) is 0 Å². The van der Waals surface area contributed by atoms with Gasteiger partial charge in [0.25, 0.3) is 0 Å². The standard InChI is InChI=1S/C13H26O3/c1-3-5-8-12(9-6-7-10-14)11-13(15)16-4-2/h12,14H,3-11H2,1-2H3. The Morgan fingerprint density at radius 3 is 2.44 bits per heavy atom. The molecule has 16 heavy (non-hydrogen) atoms. The topological polar surface area (TPSA) is 46.5 Å². The highest BCUT2D eigenvalue weighted by Crippen LogP contribution is 2.20. The Kier molecular flexibility index (Phi) is 10.5. The molecule has 3 nitrogen and oxygen atoms in total. The molecule has 0 radical (unpaired) electrons. The molecule has 0 aromatic rings. The average Bonchev–Trinajstić information content (AvgIpc) is 2.26. The third-order valence-corrected chi connectivity index (χ3v) is 2.75. The predicted octanol–water partition coefficient (Wildman–Crippen LogP) is 2.91. The highest BCUT2D eigenvalue weighted by atomic mass is 16.5. The van der Waals surface area contributed by atoms with Crippen LogP contribution in [0.1, 0.15) is 58.8 Å². The molecule has 0 amide bonds. The number of unbranched alkanes of at least 4 members (excludes halogenated alkanes) is 2. The van der Waals surface area contributed by atoms with Gasteiger partial charge in [-0.3, -0.25) is 4.79 Å². The summed E-state index contributed by atoms with van der Waals surface area (Å²) < 4.78 is 4.97. The first-order valence-electron chi connectivity index (χ1n) is 6.51. The minimum atomic E-state index is -0.0763. The summed E-state index contributed by atoms with van der Waals surface area (Å²) in [7, 11) is 0. The van der Waals surface area contributed by atoms with Gasteiger partial charge in [0.05, 0.1) is 6.61 Å². The molecule has 96 valence electrons. The van der Waals surface area contributed by atoms with Crippen molar-refractivity contribution in [3.8, 4) is 0 Å². The fraction of sp³-hybridized carbons (Fsp3) is 0.923. The first-order valence-corrected chi connectivity index (χ1v) is 6.51. The van der Waals surface area contributed by atoms with E-state index in [9.17, 15) is 4.79 Å². The second kappa shape index (κ2) is 10.9. The quantitative estimate of drug-likeness (QED) is 0.463. The highest BCUT2D eigenvalue weighted by Gasteiger charge is 2.13. The zero-order valence-corrected chi connectivity index (χ0v) is 10.7. The summed E-state index contributed by atoms with van der Waals surface area (Å²) in [4.78, 5) is 11.4. The Morgan fingerprint density at radius 2 is 1.88 bits per heavy atom. The van der Waals surface area contributed by atoms with Crippen molar-refractivity contribution < 1.29 is 14.6 Å². The maximum Gasteiger partial charge on any atom is 0.306 e. The van der Waals surface area contributed by atoms with E-state index in [0.29, 0.717) is 18.9 Å². The van der Waals surface area contributed by atoms with Crippen LogP contribution < -0.4 is 0 Å². The number of carbonyl (C=O) groups is 1. The SMILES string of the molecule is CCCCC(CCCCO)CC(=O)OCC. The summed E-state index contributed by atoms with van der Waals surface area (Å²) in [6.45, 7) is 4.72. The average molecular weight is 230 g/mol. The second-order valence-corrected chi connectivity index (χ2v) is 4.24. The van der Waals surface area contributed by atoms with Crippen molar-refractivity contribution in [3.05, 3.63) is 0 Å². The summed E-state index contributed by atoms with van der Waals surface area (Å²) in [5, 5.41) is 8.73. The van der Waals surface area contributed by atoms with Crippen LogP contribution in [0.5, 0.6) is 0 Å². The van der Waals surface area contributed by atoms with E-state index in [1.54, 1.807) is 0 Å². The zero-order chi connectivity index (χ0) is 12.2. The number of hydrogen-bond donors (Lipinski definition) is 1. The maximum absolute atomic E-state index is 11.4. The minimum absolute atomic E-state index is 0.0763. The number of rotatable bonds is 10. The van der Waals surface area contributed by atoms with Crippen LogP contribution in [0.3, 0.4) is 0 Å². The lowest BCUT2D eigenvalue weighted by molar-refractivity contribution is -0.144. The molecule has 0 bridgehead atoms. The molecule has 3 heteroatoms. The summed E-state index contributed by atoms with van der Waals surface area (Å²) in [6.07, 6.45) is 6.84. The Morgan fingerprint density at radius 1 is 1.19 bits per heavy atom. The molecule has 0 aromatic carbocycles. The molecule has 1 atom stereocenters. The Balaban J connectivity index is 3.83. The van der Waals surface area contributed by atoms with Gasteiger partial charge in [0.1, 0.15) is 0 Å². The first-order chi connectivity index (χ1) is 7.74. The van der Waals surface area contributed by atoms with Crippen molar-refractivity contribution >= 4 is 5.97 Å². The van der Waals surface area contributed by atoms with Crippen molar-refractivity contribution in [2.45, 2.75) is 58.8 Å². The number of aliphatic hydroxyl groups is 1. The van der Waals surface area contributed by atoms with Gasteiger partial charge in [0.15, 0.2) is 0 Å². The smallest absolute Gasteiger partial charge is 0.306 e. The summed E-state index contributed by atoms with van der Waals surface area (Å²) >= 11 is 0. The van der Waals surface area contributed by atoms with Crippen molar-refractivity contribution in [2.75, 3.05) is 13.2 Å². The number of esters is 1. The van der Waals surface area contributed by atoms with Gasteiger partial charge in [0, 0.05) is 13.0 Å². The summed E-state index contributed by atoms with van der Waals surface area (Å²) in [5.74, 6) is 0.359. The highest BCUT2D eigenvalue weighted by molar-refractivity contribution is 5.69. The molecule has 0 saturated heterocycles. The van der Waals surface area contributed by atoms with E-state index in [1.807, 2.05) is 6.92 Å². The van der Waals surface area contributed by atoms with E-state index in [4.69, 9.17) is 9.84 Å². The lowest BCUT2D eigenvalue weighted by atomic mass is 9.93. The number of carbonyl (C=O) groups excluding carboxylic acids is 1. The fourth-order valence-corrected chi connectivity index (χ4v) is 1.84. The van der Waals surface area contributed by atoms with Gasteiger partial charge in [-0.05, 0) is 32.1 Å². The third-order valence-electron chi connectivity index (χ3n) is 2.75. The van der Waals surface area contributed by atoms with Crippen LogP contribution in [-0.2, 0) is 9.53 Å². The third kappa shape index (κ3) is 8.72. The molecule has 0 rings (SSSR count). The minimum Gasteiger partial charge on any atom is -0.466 e. The Bertz CT molecular complexity index is 169. The van der Waals surface area contributed by atoms with Crippen molar-refractivity contribution in [2.24, 2.45) is 5.92 Å². The molecule has 0 spiro atoms. The lowest BCUT2D eigenvalue weighted by Gasteiger charge is -2.15. The van der Waals surface area contributed by atoms with Gasteiger partial charge < -0.3 is 9.84 Å². The van der Waals surface area contributed by atoms with E-state index in [0.717, 1.165) is 25.7 Å². The molecule has 0 aliphatic heterocycles. The van der Waals surface area contributed by atoms with Gasteiger partial charge >= 0.3 is 5.97 Å². The molecule has 1 N–H and O–H groups in total. The van der Waals surface area contributed by atoms with E-state index in [2.05, 4.69) is 6.92 Å². The molecular weight excluding hydrogens is 204 g/mol. The molecule has 0 fully saturated rings. The van der Waals surface area contributed by atoms with Crippen LogP contribution in [0.4, 0.5) is 0 Å². The second-order valence-electron chi connectivity index (χ2n) is 4.24. The van der Waals surface area contributed by atoms with Crippen LogP contribution in [0, 0.1) is 5.92 Å². The van der Waals surface area contributed by atoms with Crippen LogP contribution in [0.25, 0.3) is 0 Å². The Labute approximate surface area is 99.2 Å². The van der Waals surface area contributed by atoms with Crippen molar-refractivity contribution in [1.82, 2.24) is 0 Å². The fourth-order valence-electron chi connectivity index (χ4n) is 1.84. The normalized spacial score (nSPS) is 12.4. The molecular formula is C13H26O3. The Hall–Kier alpha value is -0.570. The van der Waals surface area contributed by atoms with Crippen LogP contribution >= 0.6 is 0 Å². The zero-order valence-electron chi connectivity index (χ0n) is 10.7. The van der Waals surface area contributed by atoms with Crippen molar-refractivity contribution in [3.63, 3.8) is 0 Å². The molecule has 0 aliphatic carbocycles. The van der Waals surface area contributed by atoms with Gasteiger partial charge in [-0.25, -0.2) is 0 Å². The van der Waals surface area contributed by atoms with Crippen molar-refractivity contribution in [1.29, 1.82) is 0 Å². The number of hydrogen-bond acceptors (Lipinski definition) is 3. The molecule has 0 heterocycles. The predicted molar refractivity (Wildman–Crippen MR) is 65.2 cm³/mol.